The van der Waals surface area contributed by atoms with Gasteiger partial charge in [0.15, 0.2) is 0 Å². The number of aliphatic hydroxyl groups is 1. The summed E-state index contributed by atoms with van der Waals surface area (Å²) in [6.07, 6.45) is 1.77. The number of hydrogen-bond acceptors (Lipinski definition) is 3. The van der Waals surface area contributed by atoms with Gasteiger partial charge in [-0.15, -0.1) is 0 Å². The lowest BCUT2D eigenvalue weighted by Crippen LogP contribution is -2.34. The van der Waals surface area contributed by atoms with Crippen LogP contribution in [0.5, 0.6) is 0 Å². The van der Waals surface area contributed by atoms with Crippen molar-refractivity contribution < 1.29 is 9.84 Å². The van der Waals surface area contributed by atoms with Gasteiger partial charge in [0.25, 0.3) is 0 Å². The van der Waals surface area contributed by atoms with Crippen molar-refractivity contribution in [2.24, 2.45) is 0 Å². The van der Waals surface area contributed by atoms with Crippen LogP contribution in [-0.4, -0.2) is 31.4 Å². The second kappa shape index (κ2) is 8.25. The number of aryl methyl sites for hydroxylation is 1. The number of nitrogens with one attached hydrogen (secondary N) is 1. The second-order valence-corrected chi connectivity index (χ2v) is 4.67. The van der Waals surface area contributed by atoms with Crippen molar-refractivity contribution >= 4 is 0 Å². The molecule has 0 amide bonds. The average Bonchev–Trinajstić information content (AvgIpc) is 2.39. The molecule has 1 rings (SSSR count). The van der Waals surface area contributed by atoms with E-state index in [0.717, 1.165) is 24.9 Å². The molecule has 18 heavy (non-hydrogen) atoms. The van der Waals surface area contributed by atoms with Crippen LogP contribution in [-0.2, 0) is 11.2 Å². The molecule has 0 fully saturated rings. The summed E-state index contributed by atoms with van der Waals surface area (Å²) in [5.41, 5.74) is 2.29. The third-order valence-corrected chi connectivity index (χ3v) is 3.11. The maximum absolute atomic E-state index is 10.2. The number of rotatable bonds is 8. The Bertz CT molecular complexity index is 324. The lowest BCUT2D eigenvalue weighted by atomic mass is 10.0. The summed E-state index contributed by atoms with van der Waals surface area (Å²) in [5, 5.41) is 13.5. The summed E-state index contributed by atoms with van der Waals surface area (Å²) in [6, 6.07) is 8.26. The van der Waals surface area contributed by atoms with Crippen molar-refractivity contribution in [3.8, 4) is 0 Å². The molecule has 0 aliphatic rings. The lowest BCUT2D eigenvalue weighted by molar-refractivity contribution is 0.126. The number of methoxy groups -OCH3 is 1. The molecule has 1 aromatic rings. The second-order valence-electron chi connectivity index (χ2n) is 4.67. The van der Waals surface area contributed by atoms with Gasteiger partial charge in [-0.2, -0.15) is 0 Å². The van der Waals surface area contributed by atoms with Crippen LogP contribution in [0.15, 0.2) is 24.3 Å². The van der Waals surface area contributed by atoms with Gasteiger partial charge in [0.1, 0.15) is 0 Å². The molecule has 0 saturated heterocycles. The molecule has 0 saturated carbocycles. The molecule has 0 heterocycles. The first-order chi connectivity index (χ1) is 8.69. The van der Waals surface area contributed by atoms with Crippen molar-refractivity contribution in [3.63, 3.8) is 0 Å². The van der Waals surface area contributed by atoms with Crippen molar-refractivity contribution in [3.05, 3.63) is 35.4 Å². The first-order valence-corrected chi connectivity index (χ1v) is 6.68. The first kappa shape index (κ1) is 15.2. The summed E-state index contributed by atoms with van der Waals surface area (Å²) in [7, 11) is 1.68. The fourth-order valence-corrected chi connectivity index (χ4v) is 1.96. The van der Waals surface area contributed by atoms with Crippen LogP contribution in [0.1, 0.15) is 37.5 Å². The standard InChI is InChI=1S/C15H25NO2/c1-4-5-13-6-8-14(9-7-13)15(17)12(2)16-10-11-18-3/h6-9,12,15-17H,4-5,10-11H2,1-3H3. The highest BCUT2D eigenvalue weighted by molar-refractivity contribution is 5.25. The predicted octanol–water partition coefficient (Wildman–Crippen LogP) is 2.30. The Kier molecular flexibility index (Phi) is 6.94. The van der Waals surface area contributed by atoms with E-state index in [1.165, 1.54) is 5.56 Å². The topological polar surface area (TPSA) is 41.5 Å². The third-order valence-electron chi connectivity index (χ3n) is 3.11. The Morgan fingerprint density at radius 1 is 1.28 bits per heavy atom. The van der Waals surface area contributed by atoms with Crippen molar-refractivity contribution in [1.82, 2.24) is 5.32 Å². The van der Waals surface area contributed by atoms with E-state index in [4.69, 9.17) is 4.74 Å². The van der Waals surface area contributed by atoms with E-state index in [1.807, 2.05) is 19.1 Å². The summed E-state index contributed by atoms with van der Waals surface area (Å²) < 4.78 is 4.98. The molecule has 0 aliphatic carbocycles. The first-order valence-electron chi connectivity index (χ1n) is 6.68. The fraction of sp³-hybridized carbons (Fsp3) is 0.600. The van der Waals surface area contributed by atoms with E-state index in [-0.39, 0.29) is 6.04 Å². The van der Waals surface area contributed by atoms with Gasteiger partial charge in [-0.3, -0.25) is 0 Å². The molecule has 0 aliphatic heterocycles. The Labute approximate surface area is 110 Å². The van der Waals surface area contributed by atoms with Gasteiger partial charge in [-0.1, -0.05) is 37.6 Å². The van der Waals surface area contributed by atoms with Crippen LogP contribution in [0.4, 0.5) is 0 Å². The molecule has 0 bridgehead atoms. The molecular weight excluding hydrogens is 226 g/mol. The van der Waals surface area contributed by atoms with E-state index < -0.39 is 6.10 Å². The Hall–Kier alpha value is -0.900. The Morgan fingerprint density at radius 2 is 1.94 bits per heavy atom. The quantitative estimate of drug-likeness (QED) is 0.697. The maximum atomic E-state index is 10.2. The van der Waals surface area contributed by atoms with E-state index in [1.54, 1.807) is 7.11 Å². The number of ether oxygens (including phenoxy) is 1. The largest absolute Gasteiger partial charge is 0.387 e. The third kappa shape index (κ3) is 4.77. The molecule has 2 atom stereocenters. The molecule has 0 aromatic heterocycles. The molecule has 0 spiro atoms. The summed E-state index contributed by atoms with van der Waals surface area (Å²) >= 11 is 0. The van der Waals surface area contributed by atoms with Crippen LogP contribution in [0.3, 0.4) is 0 Å². The van der Waals surface area contributed by atoms with E-state index in [9.17, 15) is 5.11 Å². The van der Waals surface area contributed by atoms with Crippen molar-refractivity contribution in [1.29, 1.82) is 0 Å². The van der Waals surface area contributed by atoms with Gasteiger partial charge < -0.3 is 15.2 Å². The minimum Gasteiger partial charge on any atom is -0.387 e. The van der Waals surface area contributed by atoms with Crippen LogP contribution < -0.4 is 5.32 Å². The lowest BCUT2D eigenvalue weighted by Gasteiger charge is -2.20. The van der Waals surface area contributed by atoms with Crippen LogP contribution in [0, 0.1) is 0 Å². The zero-order valence-corrected chi connectivity index (χ0v) is 11.6. The minimum absolute atomic E-state index is 0.0252. The summed E-state index contributed by atoms with van der Waals surface area (Å²) in [4.78, 5) is 0. The zero-order chi connectivity index (χ0) is 13.4. The number of aliphatic hydroxyl groups excluding tert-OH is 1. The molecule has 1 aromatic carbocycles. The van der Waals surface area contributed by atoms with E-state index in [0.29, 0.717) is 6.61 Å². The zero-order valence-electron chi connectivity index (χ0n) is 11.6. The minimum atomic E-state index is -0.475. The van der Waals surface area contributed by atoms with E-state index >= 15 is 0 Å². The molecular formula is C15H25NO2. The smallest absolute Gasteiger partial charge is 0.0940 e. The van der Waals surface area contributed by atoms with Gasteiger partial charge in [-0.05, 0) is 24.5 Å². The predicted molar refractivity (Wildman–Crippen MR) is 74.7 cm³/mol. The monoisotopic (exact) mass is 251 g/mol. The van der Waals surface area contributed by atoms with Gasteiger partial charge >= 0.3 is 0 Å². The number of hydrogen-bond donors (Lipinski definition) is 2. The SMILES string of the molecule is CCCc1ccc(C(O)C(C)NCCOC)cc1. The van der Waals surface area contributed by atoms with Crippen LogP contribution in [0.2, 0.25) is 0 Å². The van der Waals surface area contributed by atoms with Gasteiger partial charge in [0.05, 0.1) is 12.7 Å². The van der Waals surface area contributed by atoms with Gasteiger partial charge in [0, 0.05) is 19.7 Å². The molecule has 3 nitrogen and oxygen atoms in total. The highest BCUT2D eigenvalue weighted by Gasteiger charge is 2.15. The maximum Gasteiger partial charge on any atom is 0.0940 e. The fourth-order valence-electron chi connectivity index (χ4n) is 1.96. The van der Waals surface area contributed by atoms with Gasteiger partial charge in [-0.25, -0.2) is 0 Å². The van der Waals surface area contributed by atoms with Crippen molar-refractivity contribution in [2.45, 2.75) is 38.8 Å². The molecule has 0 radical (unpaired) electrons. The van der Waals surface area contributed by atoms with Crippen molar-refractivity contribution in [2.75, 3.05) is 20.3 Å². The molecule has 2 N–H and O–H groups in total. The van der Waals surface area contributed by atoms with Crippen LogP contribution in [0.25, 0.3) is 0 Å². The summed E-state index contributed by atoms with van der Waals surface area (Å²) in [6.45, 7) is 5.57. The van der Waals surface area contributed by atoms with E-state index in [2.05, 4.69) is 24.4 Å². The average molecular weight is 251 g/mol. The Balaban J connectivity index is 2.51. The highest BCUT2D eigenvalue weighted by Crippen LogP contribution is 2.17. The number of benzene rings is 1. The molecule has 2 unspecified atom stereocenters. The normalized spacial score (nSPS) is 14.4. The molecule has 102 valence electrons. The summed E-state index contributed by atoms with van der Waals surface area (Å²) in [5.74, 6) is 0. The molecule has 3 heteroatoms. The van der Waals surface area contributed by atoms with Crippen LogP contribution >= 0.6 is 0 Å². The van der Waals surface area contributed by atoms with Gasteiger partial charge in [0.2, 0.25) is 0 Å². The highest BCUT2D eigenvalue weighted by atomic mass is 16.5. The Morgan fingerprint density at radius 3 is 2.50 bits per heavy atom.